The van der Waals surface area contributed by atoms with Crippen molar-refractivity contribution in [1.82, 2.24) is 0 Å². The van der Waals surface area contributed by atoms with Gasteiger partial charge in [-0.1, -0.05) is 105 Å². The first-order valence-electron chi connectivity index (χ1n) is 11.4. The van der Waals surface area contributed by atoms with Gasteiger partial charge >= 0.3 is 5.97 Å². The molecule has 1 unspecified atom stereocenters. The van der Waals surface area contributed by atoms with Crippen LogP contribution in [0.25, 0.3) is 0 Å². The second-order valence-electron chi connectivity index (χ2n) is 8.25. The highest BCUT2D eigenvalue weighted by Crippen LogP contribution is 2.39. The summed E-state index contributed by atoms with van der Waals surface area (Å²) >= 11 is 0. The molecule has 1 atom stereocenters. The summed E-state index contributed by atoms with van der Waals surface area (Å²) in [5, 5.41) is 0. The van der Waals surface area contributed by atoms with E-state index in [0.29, 0.717) is 0 Å². The zero-order chi connectivity index (χ0) is 19.7. The molecule has 0 bridgehead atoms. The van der Waals surface area contributed by atoms with E-state index in [1.54, 1.807) is 0 Å². The maximum atomic E-state index is 12.0. The van der Waals surface area contributed by atoms with E-state index in [1.165, 1.54) is 89.5 Å². The van der Waals surface area contributed by atoms with Crippen molar-refractivity contribution >= 4 is 5.97 Å². The normalized spacial score (nSPS) is 12.8. The molecule has 0 rings (SSSR count). The fourth-order valence-electron chi connectivity index (χ4n) is 3.85. The highest BCUT2D eigenvalue weighted by atomic mass is 16.5. The van der Waals surface area contributed by atoms with Gasteiger partial charge < -0.3 is 4.74 Å². The predicted octanol–water partition coefficient (Wildman–Crippen LogP) is 8.00. The second-order valence-corrected chi connectivity index (χ2v) is 8.25. The first-order valence-corrected chi connectivity index (χ1v) is 11.4. The molecule has 2 nitrogen and oxygen atoms in total. The van der Waals surface area contributed by atoms with Gasteiger partial charge in [-0.05, 0) is 25.7 Å². The highest BCUT2D eigenvalue weighted by molar-refractivity contribution is 5.81. The van der Waals surface area contributed by atoms with Gasteiger partial charge in [0.15, 0.2) is 0 Å². The topological polar surface area (TPSA) is 26.3 Å². The number of carbonyl (C=O) groups excluding carboxylic acids is 1. The summed E-state index contributed by atoms with van der Waals surface area (Å²) in [6.07, 6.45) is 19.8. The van der Waals surface area contributed by atoms with E-state index in [2.05, 4.69) is 34.3 Å². The Labute approximate surface area is 164 Å². The van der Waals surface area contributed by atoms with Crippen molar-refractivity contribution in [1.29, 1.82) is 0 Å². The third-order valence-electron chi connectivity index (χ3n) is 5.73. The van der Waals surface area contributed by atoms with Crippen LogP contribution in [0.15, 0.2) is 12.7 Å². The van der Waals surface area contributed by atoms with E-state index in [1.807, 2.05) is 0 Å². The van der Waals surface area contributed by atoms with E-state index in [4.69, 9.17) is 4.74 Å². The van der Waals surface area contributed by atoms with Crippen molar-refractivity contribution in [3.8, 4) is 0 Å². The van der Waals surface area contributed by atoms with E-state index in [0.717, 1.165) is 12.8 Å². The largest absolute Gasteiger partial charge is 0.459 e. The Bertz CT molecular complexity index is 336. The number of ether oxygens (including phenoxy) is 1. The van der Waals surface area contributed by atoms with Gasteiger partial charge in [0.05, 0.1) is 0 Å². The van der Waals surface area contributed by atoms with Crippen LogP contribution < -0.4 is 0 Å². The van der Waals surface area contributed by atoms with E-state index < -0.39 is 0 Å². The minimum atomic E-state index is -0.251. The molecule has 0 radical (unpaired) electrons. The van der Waals surface area contributed by atoms with Gasteiger partial charge in [0.2, 0.25) is 0 Å². The van der Waals surface area contributed by atoms with Gasteiger partial charge in [0, 0.05) is 11.5 Å². The molecule has 0 fully saturated rings. The molecule has 0 saturated carbocycles. The molecule has 0 N–H and O–H groups in total. The molecule has 0 aliphatic carbocycles. The average molecular weight is 367 g/mol. The van der Waals surface area contributed by atoms with Crippen LogP contribution in [-0.4, -0.2) is 12.1 Å². The lowest BCUT2D eigenvalue weighted by Gasteiger charge is -2.38. The van der Waals surface area contributed by atoms with Crippen LogP contribution in [-0.2, 0) is 9.53 Å². The lowest BCUT2D eigenvalue weighted by atomic mass is 9.73. The van der Waals surface area contributed by atoms with Crippen molar-refractivity contribution in [3.05, 3.63) is 12.7 Å². The average Bonchev–Trinajstić information content (AvgIpc) is 2.64. The SMILES string of the molecule is C=CC(=O)OC(CCCCCC)C(C)(CCCCCC)CCCCCC. The molecule has 26 heavy (non-hydrogen) atoms. The van der Waals surface area contributed by atoms with Crippen LogP contribution in [0.1, 0.15) is 124 Å². The molecule has 0 heterocycles. The number of rotatable bonds is 18. The first-order chi connectivity index (χ1) is 12.5. The smallest absolute Gasteiger partial charge is 0.330 e. The lowest BCUT2D eigenvalue weighted by Crippen LogP contribution is -2.36. The Morgan fingerprint density at radius 2 is 1.31 bits per heavy atom. The van der Waals surface area contributed by atoms with Crippen molar-refractivity contribution in [3.63, 3.8) is 0 Å². The third kappa shape index (κ3) is 11.8. The fraction of sp³-hybridized carbons (Fsp3) is 0.875. The third-order valence-corrected chi connectivity index (χ3v) is 5.73. The van der Waals surface area contributed by atoms with Crippen molar-refractivity contribution in [2.24, 2.45) is 5.41 Å². The molecular weight excluding hydrogens is 320 g/mol. The Balaban J connectivity index is 4.96. The lowest BCUT2D eigenvalue weighted by molar-refractivity contribution is -0.151. The first kappa shape index (κ1) is 25.2. The highest BCUT2D eigenvalue weighted by Gasteiger charge is 2.35. The van der Waals surface area contributed by atoms with E-state index >= 15 is 0 Å². The monoisotopic (exact) mass is 366 g/mol. The van der Waals surface area contributed by atoms with E-state index in [9.17, 15) is 4.79 Å². The van der Waals surface area contributed by atoms with Gasteiger partial charge in [-0.2, -0.15) is 0 Å². The summed E-state index contributed by atoms with van der Waals surface area (Å²) in [6.45, 7) is 12.7. The predicted molar refractivity (Wildman–Crippen MR) is 114 cm³/mol. The van der Waals surface area contributed by atoms with Crippen molar-refractivity contribution in [2.45, 2.75) is 130 Å². The van der Waals surface area contributed by atoms with Crippen molar-refractivity contribution < 1.29 is 9.53 Å². The quantitative estimate of drug-likeness (QED) is 0.139. The zero-order valence-electron chi connectivity index (χ0n) is 18.3. The van der Waals surface area contributed by atoms with Crippen LogP contribution >= 0.6 is 0 Å². The summed E-state index contributed by atoms with van der Waals surface area (Å²) < 4.78 is 5.90. The number of hydrogen-bond acceptors (Lipinski definition) is 2. The molecule has 0 amide bonds. The molecule has 0 aromatic rings. The minimum Gasteiger partial charge on any atom is -0.459 e. The summed E-state index contributed by atoms with van der Waals surface area (Å²) in [6, 6.07) is 0. The zero-order valence-corrected chi connectivity index (χ0v) is 18.3. The minimum absolute atomic E-state index is 0.0353. The van der Waals surface area contributed by atoms with E-state index in [-0.39, 0.29) is 17.5 Å². The molecule has 0 aromatic carbocycles. The summed E-state index contributed by atoms with van der Waals surface area (Å²) in [4.78, 5) is 12.0. The van der Waals surface area contributed by atoms with Crippen LogP contribution in [0.5, 0.6) is 0 Å². The Morgan fingerprint density at radius 1 is 0.846 bits per heavy atom. The fourth-order valence-corrected chi connectivity index (χ4v) is 3.85. The summed E-state index contributed by atoms with van der Waals surface area (Å²) in [5.74, 6) is -0.251. The number of esters is 1. The maximum Gasteiger partial charge on any atom is 0.330 e. The van der Waals surface area contributed by atoms with Crippen LogP contribution in [0.4, 0.5) is 0 Å². The van der Waals surface area contributed by atoms with Gasteiger partial charge in [-0.15, -0.1) is 0 Å². The van der Waals surface area contributed by atoms with Crippen LogP contribution in [0.3, 0.4) is 0 Å². The van der Waals surface area contributed by atoms with Gasteiger partial charge in [-0.3, -0.25) is 0 Å². The molecule has 154 valence electrons. The molecule has 0 aromatic heterocycles. The molecule has 0 spiro atoms. The van der Waals surface area contributed by atoms with Gasteiger partial charge in [0.25, 0.3) is 0 Å². The summed E-state index contributed by atoms with van der Waals surface area (Å²) in [7, 11) is 0. The Kier molecular flexibility index (Phi) is 15.9. The van der Waals surface area contributed by atoms with Gasteiger partial charge in [0.1, 0.15) is 6.10 Å². The molecule has 0 aliphatic rings. The second kappa shape index (κ2) is 16.4. The van der Waals surface area contributed by atoms with Crippen LogP contribution in [0, 0.1) is 5.41 Å². The molecular formula is C24H46O2. The number of unbranched alkanes of at least 4 members (excludes halogenated alkanes) is 9. The summed E-state index contributed by atoms with van der Waals surface area (Å²) in [5.41, 5.74) is 0.104. The number of hydrogen-bond donors (Lipinski definition) is 0. The van der Waals surface area contributed by atoms with Gasteiger partial charge in [-0.25, -0.2) is 4.79 Å². The molecule has 2 heteroatoms. The van der Waals surface area contributed by atoms with Crippen molar-refractivity contribution in [2.75, 3.05) is 0 Å². The Hall–Kier alpha value is -0.790. The van der Waals surface area contributed by atoms with Crippen LogP contribution in [0.2, 0.25) is 0 Å². The molecule has 0 aliphatic heterocycles. The molecule has 0 saturated heterocycles. The Morgan fingerprint density at radius 3 is 1.73 bits per heavy atom. The number of carbonyl (C=O) groups is 1. The standard InChI is InChI=1S/C24H46O2/c1-6-10-13-16-19-22(26-23(25)9-4)24(5,20-17-14-11-7-2)21-18-15-12-8-3/h9,22H,4,6-8,10-21H2,1-3,5H3. The maximum absolute atomic E-state index is 12.0.